The average Bonchev–Trinajstić information content (AvgIpc) is 3.03. The molecule has 12 nitrogen and oxygen atoms in total. The molecule has 12 heteroatoms. The standard InChI is InChI=1S/C36H63N3O9/c1-11-28-35(8,44)30(41)25(6)37-19-21(2)18-34(7,43)31(48-33-29(40)27(39(9)10)17-22(3)46-33)23(4)36(45,24(5)32(42)47-28)20-38-26-15-13-12-14-16-26/h12-16,21-25,27-31,33,37-38,40-41,43-45H,11,17-20H2,1-10H3/t21-,22-,23-,24?,25-,27+,28-,29-,30-,31-,33+,34+,35-,36-/m1/s1. The van der Waals surface area contributed by atoms with Gasteiger partial charge >= 0.3 is 5.97 Å². The fourth-order valence-electron chi connectivity index (χ4n) is 7.52. The van der Waals surface area contributed by atoms with Crippen molar-refractivity contribution in [2.75, 3.05) is 32.5 Å². The normalized spacial score (nSPS) is 44.0. The molecule has 1 aromatic rings. The number of anilines is 1. The van der Waals surface area contributed by atoms with E-state index in [1.54, 1.807) is 34.6 Å². The summed E-state index contributed by atoms with van der Waals surface area (Å²) in [6.45, 7) is 13.9. The minimum atomic E-state index is -1.90. The van der Waals surface area contributed by atoms with Crippen molar-refractivity contribution >= 4 is 11.7 Å². The van der Waals surface area contributed by atoms with Gasteiger partial charge in [-0.2, -0.15) is 0 Å². The van der Waals surface area contributed by atoms with Gasteiger partial charge in [0.05, 0.1) is 29.3 Å². The van der Waals surface area contributed by atoms with Crippen LogP contribution in [0, 0.1) is 17.8 Å². The molecule has 7 N–H and O–H groups in total. The number of nitrogens with one attached hydrogen (secondary N) is 2. The van der Waals surface area contributed by atoms with Crippen molar-refractivity contribution in [3.05, 3.63) is 30.3 Å². The van der Waals surface area contributed by atoms with Crippen LogP contribution < -0.4 is 10.6 Å². The van der Waals surface area contributed by atoms with E-state index in [4.69, 9.17) is 14.2 Å². The highest BCUT2D eigenvalue weighted by atomic mass is 16.7. The molecule has 0 saturated carbocycles. The zero-order chi connectivity index (χ0) is 36.2. The molecule has 0 amide bonds. The lowest BCUT2D eigenvalue weighted by Gasteiger charge is -2.49. The number of carbonyl (C=O) groups excluding carboxylic acids is 1. The number of carbonyl (C=O) groups is 1. The second-order valence-electron chi connectivity index (χ2n) is 15.2. The number of ether oxygens (including phenoxy) is 3. The van der Waals surface area contributed by atoms with Crippen molar-refractivity contribution in [1.82, 2.24) is 10.2 Å². The number of hydrogen-bond donors (Lipinski definition) is 7. The number of nitrogens with zero attached hydrogens (tertiary/aromatic N) is 1. The highest BCUT2D eigenvalue weighted by Gasteiger charge is 2.54. The molecule has 2 fully saturated rings. The predicted octanol–water partition coefficient (Wildman–Crippen LogP) is 2.12. The third-order valence-corrected chi connectivity index (χ3v) is 10.8. The first-order valence-corrected chi connectivity index (χ1v) is 17.5. The van der Waals surface area contributed by atoms with Gasteiger partial charge in [-0.1, -0.05) is 39.0 Å². The maximum Gasteiger partial charge on any atom is 0.312 e. The molecule has 2 heterocycles. The van der Waals surface area contributed by atoms with E-state index in [1.807, 2.05) is 63.2 Å². The van der Waals surface area contributed by atoms with Crippen molar-refractivity contribution in [3.63, 3.8) is 0 Å². The highest BCUT2D eigenvalue weighted by Crippen LogP contribution is 2.40. The lowest BCUT2D eigenvalue weighted by Crippen LogP contribution is -2.63. The molecule has 2 aliphatic heterocycles. The maximum atomic E-state index is 14.0. The van der Waals surface area contributed by atoms with Gasteiger partial charge in [0.25, 0.3) is 0 Å². The molecule has 0 spiro atoms. The van der Waals surface area contributed by atoms with E-state index < -0.39 is 71.4 Å². The topological polar surface area (TPSA) is 173 Å². The van der Waals surface area contributed by atoms with Gasteiger partial charge in [-0.15, -0.1) is 0 Å². The molecule has 2 aliphatic rings. The van der Waals surface area contributed by atoms with Crippen LogP contribution >= 0.6 is 0 Å². The van der Waals surface area contributed by atoms with Gasteiger partial charge in [0.2, 0.25) is 0 Å². The number of aliphatic hydroxyl groups excluding tert-OH is 2. The summed E-state index contributed by atoms with van der Waals surface area (Å²) in [5.74, 6) is -3.08. The smallest absolute Gasteiger partial charge is 0.312 e. The average molecular weight is 682 g/mol. The largest absolute Gasteiger partial charge is 0.459 e. The van der Waals surface area contributed by atoms with Crippen LogP contribution in [-0.4, -0.2) is 129 Å². The summed E-state index contributed by atoms with van der Waals surface area (Å²) < 4.78 is 18.7. The van der Waals surface area contributed by atoms with E-state index >= 15 is 0 Å². The quantitative estimate of drug-likeness (QED) is 0.209. The van der Waals surface area contributed by atoms with Crippen LogP contribution in [0.5, 0.6) is 0 Å². The monoisotopic (exact) mass is 681 g/mol. The lowest BCUT2D eigenvalue weighted by atomic mass is 9.70. The fraction of sp³-hybridized carbons (Fsp3) is 0.806. The Labute approximate surface area is 287 Å². The first-order chi connectivity index (χ1) is 22.3. The van der Waals surface area contributed by atoms with Crippen LogP contribution in [-0.2, 0) is 19.0 Å². The second-order valence-corrected chi connectivity index (χ2v) is 15.2. The minimum absolute atomic E-state index is 0.126. The lowest BCUT2D eigenvalue weighted by molar-refractivity contribution is -0.303. The Hall–Kier alpha value is -1.87. The number of hydrogen-bond acceptors (Lipinski definition) is 12. The van der Waals surface area contributed by atoms with Gasteiger partial charge in [-0.25, -0.2) is 0 Å². The number of esters is 1. The number of likely N-dealkylation sites (N-methyl/N-ethyl adjacent to an activating group) is 1. The summed E-state index contributed by atoms with van der Waals surface area (Å²) in [5.41, 5.74) is -4.59. The van der Waals surface area contributed by atoms with Crippen LogP contribution in [0.1, 0.15) is 74.7 Å². The molecule has 1 aromatic carbocycles. The van der Waals surface area contributed by atoms with E-state index in [0.29, 0.717) is 18.7 Å². The summed E-state index contributed by atoms with van der Waals surface area (Å²) in [6, 6.07) is 8.38. The first-order valence-electron chi connectivity index (χ1n) is 17.5. The van der Waals surface area contributed by atoms with E-state index in [-0.39, 0.29) is 37.5 Å². The molecule has 0 aromatic heterocycles. The minimum Gasteiger partial charge on any atom is -0.459 e. The molecule has 0 aliphatic carbocycles. The summed E-state index contributed by atoms with van der Waals surface area (Å²) in [6.07, 6.45) is -4.96. The number of rotatable bonds is 7. The Balaban J connectivity index is 2.15. The number of benzene rings is 1. The van der Waals surface area contributed by atoms with Gasteiger partial charge < -0.3 is 55.3 Å². The van der Waals surface area contributed by atoms with Crippen molar-refractivity contribution in [2.24, 2.45) is 17.8 Å². The molecule has 14 atom stereocenters. The number of cyclic esters (lactones) is 1. The molecule has 0 radical (unpaired) electrons. The first kappa shape index (κ1) is 40.6. The summed E-state index contributed by atoms with van der Waals surface area (Å²) in [7, 11) is 3.75. The molecule has 276 valence electrons. The predicted molar refractivity (Wildman–Crippen MR) is 184 cm³/mol. The van der Waals surface area contributed by atoms with Crippen LogP contribution in [0.3, 0.4) is 0 Å². The van der Waals surface area contributed by atoms with Crippen molar-refractivity contribution < 1.29 is 44.5 Å². The van der Waals surface area contributed by atoms with Crippen LogP contribution in [0.25, 0.3) is 0 Å². The molecule has 1 unspecified atom stereocenters. The maximum absolute atomic E-state index is 14.0. The fourth-order valence-corrected chi connectivity index (χ4v) is 7.52. The Morgan fingerprint density at radius 3 is 2.25 bits per heavy atom. The van der Waals surface area contributed by atoms with Crippen molar-refractivity contribution in [2.45, 2.75) is 140 Å². The molecule has 3 rings (SSSR count). The third kappa shape index (κ3) is 9.26. The van der Waals surface area contributed by atoms with Gasteiger partial charge in [0.1, 0.15) is 23.9 Å². The van der Waals surface area contributed by atoms with E-state index in [0.717, 1.165) is 0 Å². The highest BCUT2D eigenvalue weighted by molar-refractivity contribution is 5.74. The summed E-state index contributed by atoms with van der Waals surface area (Å²) in [4.78, 5) is 15.9. The second kappa shape index (κ2) is 16.4. The summed E-state index contributed by atoms with van der Waals surface area (Å²) >= 11 is 0. The van der Waals surface area contributed by atoms with Gasteiger partial charge in [0.15, 0.2) is 6.29 Å². The number of aliphatic hydroxyl groups is 5. The Morgan fingerprint density at radius 2 is 1.67 bits per heavy atom. The number of para-hydroxylation sites is 1. The molecule has 48 heavy (non-hydrogen) atoms. The van der Waals surface area contributed by atoms with Crippen molar-refractivity contribution in [1.29, 1.82) is 0 Å². The van der Waals surface area contributed by atoms with Crippen LogP contribution in [0.4, 0.5) is 5.69 Å². The Bertz CT molecular complexity index is 1150. The van der Waals surface area contributed by atoms with E-state index in [1.165, 1.54) is 6.92 Å². The van der Waals surface area contributed by atoms with E-state index in [2.05, 4.69) is 10.6 Å². The zero-order valence-corrected chi connectivity index (χ0v) is 30.6. The molecular formula is C36H63N3O9. The zero-order valence-electron chi connectivity index (χ0n) is 30.6. The van der Waals surface area contributed by atoms with Crippen LogP contribution in [0.15, 0.2) is 30.3 Å². The SMILES string of the molecule is CC[C@H]1OC(=O)C(C)[C@@](O)(CNc2ccccc2)[C@H](C)[C@@H](O[C@@H]2O[C@H](C)C[C@H](N(C)C)[C@H]2O)[C@@](C)(O)C[C@@H](C)CN[C@H](C)[C@@H](O)[C@]1(C)O. The van der Waals surface area contributed by atoms with Gasteiger partial charge in [-0.3, -0.25) is 4.79 Å². The van der Waals surface area contributed by atoms with E-state index in [9.17, 15) is 30.3 Å². The molecule has 0 bridgehead atoms. The van der Waals surface area contributed by atoms with Gasteiger partial charge in [0, 0.05) is 30.2 Å². The third-order valence-electron chi connectivity index (χ3n) is 10.8. The molecule has 2 saturated heterocycles. The van der Waals surface area contributed by atoms with Gasteiger partial charge in [-0.05, 0) is 92.6 Å². The molecular weight excluding hydrogens is 618 g/mol. The summed E-state index contributed by atoms with van der Waals surface area (Å²) in [5, 5.41) is 65.7. The Kier molecular flexibility index (Phi) is 13.9. The van der Waals surface area contributed by atoms with Crippen molar-refractivity contribution in [3.8, 4) is 0 Å². The van der Waals surface area contributed by atoms with Crippen LogP contribution in [0.2, 0.25) is 0 Å². The Morgan fingerprint density at radius 1 is 1.04 bits per heavy atom.